The van der Waals surface area contributed by atoms with Gasteiger partial charge in [0, 0.05) is 25.3 Å². The molecular weight excluding hydrogens is 469 g/mol. The fourth-order valence-electron chi connectivity index (χ4n) is 4.07. The highest BCUT2D eigenvalue weighted by Gasteiger charge is 2.20. The average molecular weight is 496 g/mol. The van der Waals surface area contributed by atoms with Crippen LogP contribution >= 0.6 is 0 Å². The average Bonchev–Trinajstić information content (AvgIpc) is 3.52. The lowest BCUT2D eigenvalue weighted by molar-refractivity contribution is 0.598. The largest absolute Gasteiger partial charge is 0.341 e. The van der Waals surface area contributed by atoms with E-state index in [1.807, 2.05) is 4.68 Å². The Morgan fingerprint density at radius 2 is 1.77 bits per heavy atom. The summed E-state index contributed by atoms with van der Waals surface area (Å²) in [6.45, 7) is 4.66. The molecule has 4 aromatic rings. The summed E-state index contributed by atoms with van der Waals surface area (Å²) in [4.78, 5) is 11.7. The first kappa shape index (κ1) is 23.0. The molecule has 1 saturated heterocycles. The van der Waals surface area contributed by atoms with Crippen LogP contribution in [0.3, 0.4) is 0 Å². The lowest BCUT2D eigenvalue weighted by Crippen LogP contribution is -2.21. The predicted molar refractivity (Wildman–Crippen MR) is 134 cm³/mol. The zero-order valence-electron chi connectivity index (χ0n) is 19.3. The minimum atomic E-state index is -3.94. The molecule has 0 aliphatic carbocycles. The standard InChI is InChI=1S/C24H26FN7O2S/c1-2-13-32-23-19(16-26-32)22(28-24(29-23)31-14-5-6-15-31)27-17-9-11-18(12-10-17)35(33,34)30-21-8-4-3-7-20(21)25/h3-4,7-12,16,30H,2,5-6,13-15H2,1H3,(H,27,28,29). The molecule has 35 heavy (non-hydrogen) atoms. The van der Waals surface area contributed by atoms with E-state index in [4.69, 9.17) is 9.97 Å². The van der Waals surface area contributed by atoms with Gasteiger partial charge < -0.3 is 10.2 Å². The van der Waals surface area contributed by atoms with Gasteiger partial charge in [-0.2, -0.15) is 15.1 Å². The van der Waals surface area contributed by atoms with E-state index in [0.29, 0.717) is 17.5 Å². The Bertz CT molecular complexity index is 1450. The van der Waals surface area contributed by atoms with Gasteiger partial charge in [0.25, 0.3) is 10.0 Å². The zero-order valence-corrected chi connectivity index (χ0v) is 20.1. The molecule has 0 atom stereocenters. The van der Waals surface area contributed by atoms with Crippen molar-refractivity contribution in [2.45, 2.75) is 37.6 Å². The molecule has 0 bridgehead atoms. The fraction of sp³-hybridized carbons (Fsp3) is 0.292. The first-order chi connectivity index (χ1) is 16.9. The quantitative estimate of drug-likeness (QED) is 0.370. The molecule has 2 N–H and O–H groups in total. The number of nitrogens with zero attached hydrogens (tertiary/aromatic N) is 5. The molecule has 0 unspecified atom stereocenters. The number of fused-ring (bicyclic) bond motifs is 1. The van der Waals surface area contributed by atoms with Gasteiger partial charge in [0.1, 0.15) is 11.6 Å². The van der Waals surface area contributed by atoms with Gasteiger partial charge in [-0.05, 0) is 55.7 Å². The van der Waals surface area contributed by atoms with Crippen molar-refractivity contribution in [3.05, 3.63) is 60.5 Å². The molecule has 0 radical (unpaired) electrons. The Hall–Kier alpha value is -3.73. The van der Waals surface area contributed by atoms with Crippen LogP contribution in [-0.2, 0) is 16.6 Å². The van der Waals surface area contributed by atoms with Crippen LogP contribution in [-0.4, -0.2) is 41.3 Å². The first-order valence-electron chi connectivity index (χ1n) is 11.6. The Balaban J connectivity index is 1.43. The molecule has 182 valence electrons. The van der Waals surface area contributed by atoms with Gasteiger partial charge in [-0.3, -0.25) is 4.72 Å². The molecule has 5 rings (SSSR count). The highest BCUT2D eigenvalue weighted by molar-refractivity contribution is 7.92. The van der Waals surface area contributed by atoms with Crippen molar-refractivity contribution in [2.75, 3.05) is 28.0 Å². The normalized spacial score (nSPS) is 13.9. The van der Waals surface area contributed by atoms with Crippen LogP contribution in [0.15, 0.2) is 59.6 Å². The Morgan fingerprint density at radius 3 is 2.49 bits per heavy atom. The van der Waals surface area contributed by atoms with Crippen LogP contribution in [0, 0.1) is 5.82 Å². The topological polar surface area (TPSA) is 105 Å². The number of rotatable bonds is 8. The predicted octanol–water partition coefficient (Wildman–Crippen LogP) is 4.52. The van der Waals surface area contributed by atoms with Gasteiger partial charge in [0.2, 0.25) is 5.95 Å². The number of nitrogens with one attached hydrogen (secondary N) is 2. The molecule has 1 aliphatic heterocycles. The van der Waals surface area contributed by atoms with Crippen molar-refractivity contribution >= 4 is 44.2 Å². The summed E-state index contributed by atoms with van der Waals surface area (Å²) < 4.78 is 43.5. The fourth-order valence-corrected chi connectivity index (χ4v) is 5.14. The van der Waals surface area contributed by atoms with Crippen LogP contribution in [0.1, 0.15) is 26.2 Å². The number of aromatic nitrogens is 4. The van der Waals surface area contributed by atoms with Gasteiger partial charge in [0.15, 0.2) is 5.65 Å². The summed E-state index contributed by atoms with van der Waals surface area (Å²) in [5.41, 5.74) is 1.32. The monoisotopic (exact) mass is 495 g/mol. The number of sulfonamides is 1. The van der Waals surface area contributed by atoms with Gasteiger partial charge in [-0.15, -0.1) is 0 Å². The third kappa shape index (κ3) is 4.76. The minimum Gasteiger partial charge on any atom is -0.341 e. The van der Waals surface area contributed by atoms with E-state index < -0.39 is 15.8 Å². The Kier molecular flexibility index (Phi) is 6.25. The number of benzene rings is 2. The third-order valence-electron chi connectivity index (χ3n) is 5.85. The van der Waals surface area contributed by atoms with E-state index in [2.05, 4.69) is 27.0 Å². The second-order valence-electron chi connectivity index (χ2n) is 8.41. The Labute approximate surface area is 203 Å². The highest BCUT2D eigenvalue weighted by Crippen LogP contribution is 2.29. The summed E-state index contributed by atoms with van der Waals surface area (Å²) in [7, 11) is -3.94. The van der Waals surface area contributed by atoms with E-state index in [1.54, 1.807) is 24.4 Å². The van der Waals surface area contributed by atoms with E-state index in [0.717, 1.165) is 49.9 Å². The molecule has 3 heterocycles. The molecule has 1 aliphatic rings. The van der Waals surface area contributed by atoms with E-state index in [1.165, 1.54) is 30.3 Å². The van der Waals surface area contributed by atoms with E-state index >= 15 is 0 Å². The number of anilines is 4. The van der Waals surface area contributed by atoms with Crippen LogP contribution < -0.4 is 14.9 Å². The van der Waals surface area contributed by atoms with Crippen LogP contribution in [0.5, 0.6) is 0 Å². The lowest BCUT2D eigenvalue weighted by atomic mass is 10.3. The summed E-state index contributed by atoms with van der Waals surface area (Å²) in [5, 5.41) is 8.57. The first-order valence-corrected chi connectivity index (χ1v) is 13.1. The number of para-hydroxylation sites is 1. The second kappa shape index (κ2) is 9.49. The molecular formula is C24H26FN7O2S. The van der Waals surface area contributed by atoms with Crippen LogP contribution in [0.4, 0.5) is 27.5 Å². The van der Waals surface area contributed by atoms with Crippen molar-refractivity contribution in [1.29, 1.82) is 0 Å². The maximum Gasteiger partial charge on any atom is 0.261 e. The number of hydrogen-bond acceptors (Lipinski definition) is 7. The molecule has 9 nitrogen and oxygen atoms in total. The third-order valence-corrected chi connectivity index (χ3v) is 7.24. The highest BCUT2D eigenvalue weighted by atomic mass is 32.2. The van der Waals surface area contributed by atoms with Crippen LogP contribution in [0.2, 0.25) is 0 Å². The van der Waals surface area contributed by atoms with Crippen molar-refractivity contribution in [3.8, 4) is 0 Å². The smallest absolute Gasteiger partial charge is 0.261 e. The SMILES string of the molecule is CCCn1ncc2c(Nc3ccc(S(=O)(=O)Nc4ccccc4F)cc3)nc(N3CCCC3)nc21. The van der Waals surface area contributed by atoms with Crippen molar-refractivity contribution in [3.63, 3.8) is 0 Å². The van der Waals surface area contributed by atoms with Crippen molar-refractivity contribution in [2.24, 2.45) is 0 Å². The molecule has 0 spiro atoms. The van der Waals surface area contributed by atoms with E-state index in [9.17, 15) is 12.8 Å². The summed E-state index contributed by atoms with van der Waals surface area (Å²) in [6.07, 6.45) is 4.89. The molecule has 0 amide bonds. The number of halogens is 1. The zero-order chi connectivity index (χ0) is 24.4. The molecule has 11 heteroatoms. The summed E-state index contributed by atoms with van der Waals surface area (Å²) >= 11 is 0. The Morgan fingerprint density at radius 1 is 1.03 bits per heavy atom. The summed E-state index contributed by atoms with van der Waals surface area (Å²) in [5.74, 6) is 0.627. The maximum absolute atomic E-state index is 13.9. The molecule has 1 fully saturated rings. The van der Waals surface area contributed by atoms with Gasteiger partial charge >= 0.3 is 0 Å². The maximum atomic E-state index is 13.9. The minimum absolute atomic E-state index is 0.0210. The lowest BCUT2D eigenvalue weighted by Gasteiger charge is -2.17. The summed E-state index contributed by atoms with van der Waals surface area (Å²) in [6, 6.07) is 11.9. The van der Waals surface area contributed by atoms with Crippen LogP contribution in [0.25, 0.3) is 11.0 Å². The molecule has 0 saturated carbocycles. The van der Waals surface area contributed by atoms with E-state index in [-0.39, 0.29) is 10.6 Å². The van der Waals surface area contributed by atoms with Gasteiger partial charge in [-0.1, -0.05) is 19.1 Å². The second-order valence-corrected chi connectivity index (χ2v) is 10.1. The molecule has 2 aromatic carbocycles. The number of hydrogen-bond donors (Lipinski definition) is 2. The van der Waals surface area contributed by atoms with Crippen molar-refractivity contribution < 1.29 is 12.8 Å². The van der Waals surface area contributed by atoms with Gasteiger partial charge in [-0.25, -0.2) is 17.5 Å². The molecule has 2 aromatic heterocycles. The number of aryl methyl sites for hydroxylation is 1. The van der Waals surface area contributed by atoms with Gasteiger partial charge in [0.05, 0.1) is 22.2 Å². The van der Waals surface area contributed by atoms with Crippen molar-refractivity contribution in [1.82, 2.24) is 19.7 Å².